The highest BCUT2D eigenvalue weighted by atomic mass is 16.5. The molecule has 3 aromatic rings. The third kappa shape index (κ3) is 5.17. The molecular weight excluding hydrogens is 370 g/mol. The van der Waals surface area contributed by atoms with E-state index in [4.69, 9.17) is 10.00 Å². The summed E-state index contributed by atoms with van der Waals surface area (Å²) in [5.74, 6) is -1.75. The number of benzene rings is 3. The number of hydrogen-bond donors (Lipinski definition) is 2. The Kier molecular flexibility index (Phi) is 6.18. The summed E-state index contributed by atoms with van der Waals surface area (Å²) in [5.41, 5.74) is 1.05. The molecule has 0 aliphatic rings. The van der Waals surface area contributed by atoms with E-state index in [1.54, 1.807) is 36.4 Å². The summed E-state index contributed by atoms with van der Waals surface area (Å²) in [6.45, 7) is -0.891. The van der Waals surface area contributed by atoms with Crippen molar-refractivity contribution in [2.45, 2.75) is 0 Å². The van der Waals surface area contributed by atoms with Crippen LogP contribution in [0.25, 0.3) is 10.8 Å². The van der Waals surface area contributed by atoms with Crippen LogP contribution in [0.5, 0.6) is 0 Å². The SMILES string of the molecule is N#Cc1ccccc1NC(=O)COC(=O)CNC(=O)c1ccc2ccccc2c1. The summed E-state index contributed by atoms with van der Waals surface area (Å²) in [6.07, 6.45) is 0. The Balaban J connectivity index is 1.47. The van der Waals surface area contributed by atoms with E-state index in [1.165, 1.54) is 0 Å². The van der Waals surface area contributed by atoms with Crippen molar-refractivity contribution >= 4 is 34.2 Å². The highest BCUT2D eigenvalue weighted by Gasteiger charge is 2.12. The molecule has 0 saturated carbocycles. The normalized spacial score (nSPS) is 10.0. The third-order valence-corrected chi connectivity index (χ3v) is 4.09. The smallest absolute Gasteiger partial charge is 0.325 e. The molecule has 0 bridgehead atoms. The van der Waals surface area contributed by atoms with Crippen LogP contribution < -0.4 is 10.6 Å². The largest absolute Gasteiger partial charge is 0.454 e. The summed E-state index contributed by atoms with van der Waals surface area (Å²) in [4.78, 5) is 35.9. The molecule has 2 amide bonds. The second kappa shape index (κ2) is 9.15. The monoisotopic (exact) mass is 387 g/mol. The number of ether oxygens (including phenoxy) is 1. The van der Waals surface area contributed by atoms with E-state index in [9.17, 15) is 14.4 Å². The van der Waals surface area contributed by atoms with Crippen LogP contribution in [0, 0.1) is 11.3 Å². The number of amides is 2. The highest BCUT2D eigenvalue weighted by molar-refractivity contribution is 6.00. The van der Waals surface area contributed by atoms with Gasteiger partial charge < -0.3 is 15.4 Å². The molecule has 144 valence electrons. The lowest BCUT2D eigenvalue weighted by Gasteiger charge is -2.09. The minimum Gasteiger partial charge on any atom is -0.454 e. The number of carbonyl (C=O) groups excluding carboxylic acids is 3. The van der Waals surface area contributed by atoms with E-state index in [0.717, 1.165) is 10.8 Å². The average molecular weight is 387 g/mol. The lowest BCUT2D eigenvalue weighted by Crippen LogP contribution is -2.32. The van der Waals surface area contributed by atoms with E-state index in [2.05, 4.69) is 10.6 Å². The summed E-state index contributed by atoms with van der Waals surface area (Å²) < 4.78 is 4.86. The zero-order valence-corrected chi connectivity index (χ0v) is 15.3. The van der Waals surface area contributed by atoms with Gasteiger partial charge in [-0.15, -0.1) is 0 Å². The lowest BCUT2D eigenvalue weighted by molar-refractivity contribution is -0.146. The molecule has 0 aliphatic heterocycles. The number of anilines is 1. The van der Waals surface area contributed by atoms with Crippen molar-refractivity contribution in [2.75, 3.05) is 18.5 Å². The molecule has 2 N–H and O–H groups in total. The molecule has 0 radical (unpaired) electrons. The highest BCUT2D eigenvalue weighted by Crippen LogP contribution is 2.15. The molecule has 0 heterocycles. The van der Waals surface area contributed by atoms with Crippen LogP contribution in [0.3, 0.4) is 0 Å². The second-order valence-corrected chi connectivity index (χ2v) is 6.11. The van der Waals surface area contributed by atoms with Crippen molar-refractivity contribution in [3.05, 3.63) is 77.9 Å². The number of esters is 1. The Labute approximate surface area is 166 Å². The molecular formula is C22H17N3O4. The van der Waals surface area contributed by atoms with Gasteiger partial charge in [0.2, 0.25) is 0 Å². The first-order chi connectivity index (χ1) is 14.1. The molecule has 0 aliphatic carbocycles. The van der Waals surface area contributed by atoms with Crippen molar-refractivity contribution < 1.29 is 19.1 Å². The van der Waals surface area contributed by atoms with Gasteiger partial charge in [0, 0.05) is 5.56 Å². The summed E-state index contributed by atoms with van der Waals surface area (Å²) in [7, 11) is 0. The molecule has 7 nitrogen and oxygen atoms in total. The van der Waals surface area contributed by atoms with Crippen LogP contribution in [-0.4, -0.2) is 30.9 Å². The first kappa shape index (κ1) is 19.6. The number of carbonyl (C=O) groups is 3. The Morgan fingerprint density at radius 3 is 2.45 bits per heavy atom. The van der Waals surface area contributed by atoms with Crippen molar-refractivity contribution in [3.63, 3.8) is 0 Å². The molecule has 7 heteroatoms. The molecule has 0 saturated heterocycles. The maximum atomic E-state index is 12.2. The second-order valence-electron chi connectivity index (χ2n) is 6.11. The van der Waals surface area contributed by atoms with E-state index >= 15 is 0 Å². The third-order valence-electron chi connectivity index (χ3n) is 4.09. The fraction of sp³-hybridized carbons (Fsp3) is 0.0909. The lowest BCUT2D eigenvalue weighted by atomic mass is 10.1. The Morgan fingerprint density at radius 2 is 1.66 bits per heavy atom. The molecule has 0 spiro atoms. The van der Waals surface area contributed by atoms with E-state index in [1.807, 2.05) is 36.4 Å². The Bertz CT molecular complexity index is 1120. The molecule has 29 heavy (non-hydrogen) atoms. The van der Waals surface area contributed by atoms with Gasteiger partial charge in [0.25, 0.3) is 11.8 Å². The van der Waals surface area contributed by atoms with Crippen LogP contribution >= 0.6 is 0 Å². The van der Waals surface area contributed by atoms with Crippen LogP contribution in [-0.2, 0) is 14.3 Å². The fourth-order valence-electron chi connectivity index (χ4n) is 2.66. The topological polar surface area (TPSA) is 108 Å². The minimum atomic E-state index is -0.747. The maximum Gasteiger partial charge on any atom is 0.325 e. The van der Waals surface area contributed by atoms with Gasteiger partial charge in [0.1, 0.15) is 12.6 Å². The van der Waals surface area contributed by atoms with Gasteiger partial charge in [-0.25, -0.2) is 0 Å². The van der Waals surface area contributed by atoms with Gasteiger partial charge in [-0.2, -0.15) is 5.26 Å². The molecule has 0 atom stereocenters. The molecule has 0 aromatic heterocycles. The van der Waals surface area contributed by atoms with Crippen molar-refractivity contribution in [1.82, 2.24) is 5.32 Å². The van der Waals surface area contributed by atoms with Gasteiger partial charge in [-0.05, 0) is 35.0 Å². The Morgan fingerprint density at radius 1 is 0.931 bits per heavy atom. The van der Waals surface area contributed by atoms with Crippen LogP contribution in [0.1, 0.15) is 15.9 Å². The van der Waals surface area contributed by atoms with Gasteiger partial charge in [0.05, 0.1) is 11.3 Å². The number of fused-ring (bicyclic) bond motifs is 1. The number of nitriles is 1. The molecule has 0 unspecified atom stereocenters. The van der Waals surface area contributed by atoms with Crippen molar-refractivity contribution in [2.24, 2.45) is 0 Å². The standard InChI is InChI=1S/C22H17N3O4/c23-12-18-7-3-4-8-19(18)25-20(26)14-29-21(27)13-24-22(28)17-10-9-15-5-1-2-6-16(15)11-17/h1-11H,13-14H2,(H,24,28)(H,25,26). The zero-order chi connectivity index (χ0) is 20.6. The average Bonchev–Trinajstić information content (AvgIpc) is 2.76. The maximum absolute atomic E-state index is 12.2. The van der Waals surface area contributed by atoms with Gasteiger partial charge in [0.15, 0.2) is 6.61 Å². The van der Waals surface area contributed by atoms with Gasteiger partial charge in [-0.3, -0.25) is 14.4 Å². The van der Waals surface area contributed by atoms with Crippen molar-refractivity contribution in [1.29, 1.82) is 5.26 Å². The summed E-state index contributed by atoms with van der Waals surface area (Å²) in [6, 6.07) is 21.3. The number of nitrogens with zero attached hydrogens (tertiary/aromatic N) is 1. The van der Waals surface area contributed by atoms with E-state index in [-0.39, 0.29) is 6.54 Å². The molecule has 0 fully saturated rings. The summed E-state index contributed by atoms with van der Waals surface area (Å²) in [5, 5.41) is 15.9. The van der Waals surface area contributed by atoms with Crippen LogP contribution in [0.15, 0.2) is 66.7 Å². The fourth-order valence-corrected chi connectivity index (χ4v) is 2.66. The first-order valence-electron chi connectivity index (χ1n) is 8.78. The number of para-hydroxylation sites is 1. The first-order valence-corrected chi connectivity index (χ1v) is 8.78. The van der Waals surface area contributed by atoms with Gasteiger partial charge in [-0.1, -0.05) is 42.5 Å². The quantitative estimate of drug-likeness (QED) is 0.632. The van der Waals surface area contributed by atoms with Crippen molar-refractivity contribution in [3.8, 4) is 6.07 Å². The Hall–Kier alpha value is -4.18. The predicted molar refractivity (Wildman–Crippen MR) is 107 cm³/mol. The zero-order valence-electron chi connectivity index (χ0n) is 15.3. The van der Waals surface area contributed by atoms with Gasteiger partial charge >= 0.3 is 5.97 Å². The number of nitrogens with one attached hydrogen (secondary N) is 2. The molecule has 3 aromatic carbocycles. The van der Waals surface area contributed by atoms with E-state index in [0.29, 0.717) is 16.8 Å². The summed E-state index contributed by atoms with van der Waals surface area (Å²) >= 11 is 0. The van der Waals surface area contributed by atoms with E-state index < -0.39 is 24.4 Å². The number of hydrogen-bond acceptors (Lipinski definition) is 5. The van der Waals surface area contributed by atoms with Crippen LogP contribution in [0.2, 0.25) is 0 Å². The molecule has 3 rings (SSSR count). The van der Waals surface area contributed by atoms with Crippen LogP contribution in [0.4, 0.5) is 5.69 Å². The minimum absolute atomic E-state index is 0.301. The predicted octanol–water partition coefficient (Wildman–Crippen LogP) is 2.62. The number of rotatable bonds is 6.